The summed E-state index contributed by atoms with van der Waals surface area (Å²) in [5.41, 5.74) is -0.561. The van der Waals surface area contributed by atoms with Crippen molar-refractivity contribution in [3.8, 4) is 0 Å². The van der Waals surface area contributed by atoms with Crippen molar-refractivity contribution in [2.24, 2.45) is 22.7 Å². The molecule has 3 aromatic carbocycles. The predicted octanol–water partition coefficient (Wildman–Crippen LogP) is 6.06. The number of nitrogens with one attached hydrogen (secondary N) is 4. The van der Waals surface area contributed by atoms with E-state index in [4.69, 9.17) is 0 Å². The van der Waals surface area contributed by atoms with Crippen LogP contribution >= 0.6 is 48.3 Å². The van der Waals surface area contributed by atoms with Crippen LogP contribution in [0.1, 0.15) is 102 Å². The van der Waals surface area contributed by atoms with E-state index in [1.807, 2.05) is 102 Å². The van der Waals surface area contributed by atoms with Crippen molar-refractivity contribution < 1.29 is 28.8 Å². The van der Waals surface area contributed by atoms with Gasteiger partial charge in [0.2, 0.25) is 33.9 Å². The number of benzene rings is 3. The number of nitrogens with zero attached hydrogens (tertiary/aromatic N) is 10. The molecule has 422 valence electrons. The molecule has 0 aliphatic carbocycles. The van der Waals surface area contributed by atoms with Crippen molar-refractivity contribution in [3.63, 3.8) is 0 Å². The minimum Gasteiger partial charge on any atom is -0.342 e. The number of hydrogen-bond acceptors (Lipinski definition) is 16. The number of tetrazole rings is 2. The van der Waals surface area contributed by atoms with Gasteiger partial charge in [-0.25, -0.2) is 9.36 Å². The summed E-state index contributed by atoms with van der Waals surface area (Å²) in [4.78, 5) is 90.1. The molecule has 0 bridgehead atoms. The molecule has 5 aromatic rings. The fraction of sp³-hybridized carbons (Fsp3) is 0.519. The maximum absolute atomic E-state index is 14.8. The topological polar surface area (TPSA) is 244 Å². The van der Waals surface area contributed by atoms with E-state index in [1.54, 1.807) is 71.4 Å². The van der Waals surface area contributed by atoms with Gasteiger partial charge in [0.05, 0.1) is 37.3 Å². The van der Waals surface area contributed by atoms with Gasteiger partial charge in [-0.15, -0.1) is 35.0 Å². The van der Waals surface area contributed by atoms with Crippen molar-refractivity contribution in [2.45, 2.75) is 151 Å². The van der Waals surface area contributed by atoms with Crippen LogP contribution in [0, 0.1) is 22.7 Å². The Bertz CT molecular complexity index is 2640. The number of likely N-dealkylation sites (N-methyl/N-ethyl adjacent to an activating group) is 2. The van der Waals surface area contributed by atoms with Gasteiger partial charge in [0, 0.05) is 46.8 Å². The highest BCUT2D eigenvalue weighted by molar-refractivity contribution is 7.99. The summed E-state index contributed by atoms with van der Waals surface area (Å²) in [6.45, 7) is 15.9. The summed E-state index contributed by atoms with van der Waals surface area (Å²) in [6, 6.07) is 22.6. The second kappa shape index (κ2) is 27.9. The number of likely N-dealkylation sites (tertiary alicyclic amines) is 2. The molecule has 0 spiro atoms. The molecule has 7 rings (SSSR count). The van der Waals surface area contributed by atoms with E-state index in [1.165, 1.54) is 23.5 Å². The summed E-state index contributed by atoms with van der Waals surface area (Å²) in [5, 5.41) is 38.1. The second-order valence-electron chi connectivity index (χ2n) is 22.1. The molecule has 8 atom stereocenters. The van der Waals surface area contributed by atoms with Crippen LogP contribution in [-0.2, 0) is 32.3 Å². The molecule has 0 unspecified atom stereocenters. The Morgan fingerprint density at radius 1 is 0.577 bits per heavy atom. The number of hydrogen-bond donors (Lipinski definition) is 4. The second-order valence-corrected chi connectivity index (χ2v) is 24.2. The number of aromatic nitrogens is 8. The lowest BCUT2D eigenvalue weighted by molar-refractivity contribution is -0.141. The van der Waals surface area contributed by atoms with E-state index < -0.39 is 47.1 Å². The molecule has 0 radical (unpaired) electrons. The molecular formula is C54H74Cl2N14O6S2. The highest BCUT2D eigenvalue weighted by Crippen LogP contribution is 2.36. The number of halogens is 2. The van der Waals surface area contributed by atoms with Crippen molar-refractivity contribution in [2.75, 3.05) is 27.2 Å². The number of carbonyl (C=O) groups excluding carboxylic acids is 6. The summed E-state index contributed by atoms with van der Waals surface area (Å²) in [5.74, 6) is -2.01. The predicted molar refractivity (Wildman–Crippen MR) is 303 cm³/mol. The molecule has 2 aromatic heterocycles. The van der Waals surface area contributed by atoms with Gasteiger partial charge in [-0.2, -0.15) is 0 Å². The number of Topliss-reactive ketones (excluding diaryl/α,β-unsaturated/α-hetero) is 2. The molecule has 4 amide bonds. The minimum absolute atomic E-state index is 0. The maximum Gasteiger partial charge on any atom is 0.246 e. The van der Waals surface area contributed by atoms with Gasteiger partial charge in [-0.3, -0.25) is 28.8 Å². The van der Waals surface area contributed by atoms with E-state index >= 15 is 0 Å². The average Bonchev–Trinajstić information content (AvgIpc) is 4.27. The van der Waals surface area contributed by atoms with Crippen LogP contribution in [-0.4, -0.2) is 149 Å². The third-order valence-corrected chi connectivity index (χ3v) is 16.1. The molecule has 2 fully saturated rings. The smallest absolute Gasteiger partial charge is 0.246 e. The first-order chi connectivity index (χ1) is 36.1. The van der Waals surface area contributed by atoms with Crippen molar-refractivity contribution in [3.05, 3.63) is 96.1 Å². The van der Waals surface area contributed by atoms with Crippen LogP contribution in [0.5, 0.6) is 0 Å². The zero-order valence-electron chi connectivity index (χ0n) is 45.9. The lowest BCUT2D eigenvalue weighted by atomic mass is 9.85. The number of ketones is 2. The first-order valence-corrected chi connectivity index (χ1v) is 27.5. The van der Waals surface area contributed by atoms with Crippen LogP contribution < -0.4 is 21.3 Å². The van der Waals surface area contributed by atoms with Crippen LogP contribution in [0.2, 0.25) is 0 Å². The molecule has 20 nitrogen and oxygen atoms in total. The van der Waals surface area contributed by atoms with Gasteiger partial charge >= 0.3 is 0 Å². The Hall–Kier alpha value is -5.78. The third-order valence-electron chi connectivity index (χ3n) is 14.1. The Labute approximate surface area is 477 Å². The van der Waals surface area contributed by atoms with E-state index in [0.29, 0.717) is 34.3 Å². The SMILES string of the molecule is CN[C@@H](C)C(=O)N[C@H](C(=O)N1C[C@@H](CC(=O)c2cccc(C(=O)C[C@H]3C[C@@H](Cn4nnnc4Sc4ccccc4)N(C(=O)[C@@H](NC(=O)[C@H](C)NC)C(C)(C)C)C3)c2)C[C@H]1Cn1nnnc1Sc1ccccc1)C(C)(C)C.Cl.Cl. The van der Waals surface area contributed by atoms with Gasteiger partial charge < -0.3 is 31.1 Å². The fourth-order valence-electron chi connectivity index (χ4n) is 9.62. The summed E-state index contributed by atoms with van der Waals surface area (Å²) in [7, 11) is 3.37. The highest BCUT2D eigenvalue weighted by Gasteiger charge is 2.45. The van der Waals surface area contributed by atoms with Crippen molar-refractivity contribution >= 4 is 83.5 Å². The molecular weight excluding hydrogens is 1080 g/mol. The molecule has 24 heteroatoms. The van der Waals surface area contributed by atoms with Gasteiger partial charge in [0.25, 0.3) is 0 Å². The standard InChI is InChI=1S/C54H72N14O6S2.2ClH/c1-33(55-9)47(71)57-45(53(3,4)5)49(73)65-29-35(24-39(65)31-67-51(59-61-63-67)75-41-20-13-11-14-21-41)26-43(69)37-18-17-19-38(28-37)44(70)27-36-25-40(32-68-52(60-62-64-68)76-42-22-15-12-16-23-42)66(30-36)50(74)46(54(6,7)8)58-48(72)34(2)56-10;;/h11-23,28,33-36,39-40,45-46,55-56H,24-27,29-32H2,1-10H3,(H,57,71)(H,58,72);2*1H/t33-,34-,35+,36+,39-,40-,45+,46+;;/m0../s1. The highest BCUT2D eigenvalue weighted by atomic mass is 35.5. The van der Waals surface area contributed by atoms with E-state index in [2.05, 4.69) is 52.3 Å². The maximum atomic E-state index is 14.8. The van der Waals surface area contributed by atoms with Gasteiger partial charge in [-0.1, -0.05) is 96.1 Å². The Balaban J connectivity index is 0.00000560. The molecule has 4 N–H and O–H groups in total. The molecule has 78 heavy (non-hydrogen) atoms. The van der Waals surface area contributed by atoms with Crippen LogP contribution in [0.15, 0.2) is 105 Å². The minimum atomic E-state index is -0.869. The van der Waals surface area contributed by atoms with Crippen LogP contribution in [0.4, 0.5) is 0 Å². The Morgan fingerprint density at radius 3 is 1.29 bits per heavy atom. The molecule has 2 aliphatic heterocycles. The zero-order valence-corrected chi connectivity index (χ0v) is 49.2. The molecule has 4 heterocycles. The van der Waals surface area contributed by atoms with Gasteiger partial charge in [-0.05, 0) is 138 Å². The lowest BCUT2D eigenvalue weighted by Crippen LogP contribution is -2.58. The number of rotatable bonds is 22. The molecule has 2 aliphatic rings. The Kier molecular flexibility index (Phi) is 22.5. The van der Waals surface area contributed by atoms with Crippen molar-refractivity contribution in [1.82, 2.24) is 71.5 Å². The van der Waals surface area contributed by atoms with Crippen LogP contribution in [0.3, 0.4) is 0 Å². The van der Waals surface area contributed by atoms with Gasteiger partial charge in [0.15, 0.2) is 11.6 Å². The normalized spacial score (nSPS) is 18.9. The number of carbonyl (C=O) groups is 6. The third kappa shape index (κ3) is 16.2. The molecule has 2 saturated heterocycles. The largest absolute Gasteiger partial charge is 0.342 e. The van der Waals surface area contributed by atoms with Gasteiger partial charge in [0.1, 0.15) is 12.1 Å². The van der Waals surface area contributed by atoms with Crippen LogP contribution in [0.25, 0.3) is 0 Å². The van der Waals surface area contributed by atoms with Crippen molar-refractivity contribution in [1.29, 1.82) is 0 Å². The van der Waals surface area contributed by atoms with E-state index in [-0.39, 0.29) is 111 Å². The first kappa shape index (κ1) is 63.1. The molecule has 0 saturated carbocycles. The fourth-order valence-corrected chi connectivity index (χ4v) is 11.2. The number of amides is 4. The Morgan fingerprint density at radius 2 is 0.949 bits per heavy atom. The summed E-state index contributed by atoms with van der Waals surface area (Å²) in [6.07, 6.45) is 1.13. The summed E-state index contributed by atoms with van der Waals surface area (Å²) < 4.78 is 3.36. The first-order valence-electron chi connectivity index (χ1n) is 25.8. The lowest BCUT2D eigenvalue weighted by Gasteiger charge is -2.36. The summed E-state index contributed by atoms with van der Waals surface area (Å²) >= 11 is 2.81. The van der Waals surface area contributed by atoms with E-state index in [0.717, 1.165) is 9.79 Å². The van der Waals surface area contributed by atoms with E-state index in [9.17, 15) is 28.8 Å². The average molecular weight is 1150 g/mol. The monoisotopic (exact) mass is 1150 g/mol. The quantitative estimate of drug-likeness (QED) is 0.0575. The zero-order chi connectivity index (χ0) is 54.9.